The minimum absolute atomic E-state index is 0.0366. The van der Waals surface area contributed by atoms with E-state index in [1.54, 1.807) is 0 Å². The van der Waals surface area contributed by atoms with Crippen LogP contribution in [0.5, 0.6) is 0 Å². The molecule has 2 rings (SSSR count). The monoisotopic (exact) mass is 209 g/mol. The van der Waals surface area contributed by atoms with E-state index in [0.717, 1.165) is 37.3 Å². The molecule has 0 saturated carbocycles. The average Bonchev–Trinajstić information content (AvgIpc) is 2.57. The van der Waals surface area contributed by atoms with E-state index < -0.39 is 0 Å². The topological polar surface area (TPSA) is 49.6 Å². The Labute approximate surface area is 90.7 Å². The van der Waals surface area contributed by atoms with Crippen molar-refractivity contribution < 1.29 is 4.79 Å². The molecule has 15 heavy (non-hydrogen) atoms. The summed E-state index contributed by atoms with van der Waals surface area (Å²) < 4.78 is 0. The Morgan fingerprint density at radius 3 is 2.87 bits per heavy atom. The molecule has 0 aromatic carbocycles. The maximum absolute atomic E-state index is 11.8. The van der Waals surface area contributed by atoms with Crippen molar-refractivity contribution in [2.24, 2.45) is 5.73 Å². The van der Waals surface area contributed by atoms with Gasteiger partial charge in [-0.25, -0.2) is 0 Å². The number of nitrogens with zero attached hydrogens (tertiary/aromatic N) is 2. The maximum atomic E-state index is 11.8. The summed E-state index contributed by atoms with van der Waals surface area (Å²) in [6, 6.07) is 0.0366. The third kappa shape index (κ3) is 1.63. The number of hydrogen-bond donors (Lipinski definition) is 1. The summed E-state index contributed by atoms with van der Waals surface area (Å²) in [5.74, 6) is 1.30. The zero-order valence-electron chi connectivity index (χ0n) is 9.49. The van der Waals surface area contributed by atoms with Gasteiger partial charge in [0.05, 0.1) is 6.42 Å². The van der Waals surface area contributed by atoms with Crippen LogP contribution in [0.15, 0.2) is 11.4 Å². The van der Waals surface area contributed by atoms with Crippen molar-refractivity contribution in [3.63, 3.8) is 0 Å². The van der Waals surface area contributed by atoms with Gasteiger partial charge in [0.2, 0.25) is 5.91 Å². The third-order valence-electron chi connectivity index (χ3n) is 3.31. The summed E-state index contributed by atoms with van der Waals surface area (Å²) in [4.78, 5) is 15.9. The highest BCUT2D eigenvalue weighted by atomic mass is 16.2. The van der Waals surface area contributed by atoms with Crippen LogP contribution in [0.4, 0.5) is 0 Å². The van der Waals surface area contributed by atoms with Gasteiger partial charge in [0.1, 0.15) is 5.82 Å². The minimum Gasteiger partial charge on any atom is -0.361 e. The molecule has 0 aromatic rings. The number of fused-ring (bicyclic) bond motifs is 1. The summed E-state index contributed by atoms with van der Waals surface area (Å²) in [6.07, 6.45) is 2.48. The third-order valence-corrected chi connectivity index (χ3v) is 3.31. The first-order valence-corrected chi connectivity index (χ1v) is 5.65. The van der Waals surface area contributed by atoms with E-state index in [4.69, 9.17) is 5.73 Å². The quantitative estimate of drug-likeness (QED) is 0.720. The molecular weight excluding hydrogens is 190 g/mol. The smallest absolute Gasteiger partial charge is 0.232 e. The van der Waals surface area contributed by atoms with Crippen LogP contribution in [0.25, 0.3) is 0 Å². The van der Waals surface area contributed by atoms with E-state index in [1.807, 2.05) is 11.9 Å². The van der Waals surface area contributed by atoms with Crippen molar-refractivity contribution in [3.05, 3.63) is 11.4 Å². The molecule has 1 unspecified atom stereocenters. The molecule has 1 atom stereocenters. The summed E-state index contributed by atoms with van der Waals surface area (Å²) in [5, 5.41) is 0. The lowest BCUT2D eigenvalue weighted by Crippen LogP contribution is -2.41. The summed E-state index contributed by atoms with van der Waals surface area (Å²) in [5.41, 5.74) is 7.18. The van der Waals surface area contributed by atoms with Gasteiger partial charge in [-0.3, -0.25) is 9.69 Å². The van der Waals surface area contributed by atoms with Crippen molar-refractivity contribution in [1.82, 2.24) is 9.80 Å². The molecule has 4 heteroatoms. The van der Waals surface area contributed by atoms with E-state index >= 15 is 0 Å². The van der Waals surface area contributed by atoms with E-state index in [1.165, 1.54) is 0 Å². The van der Waals surface area contributed by atoms with Crippen LogP contribution >= 0.6 is 0 Å². The molecule has 1 amide bonds. The molecule has 84 valence electrons. The molecule has 1 fully saturated rings. The Hall–Kier alpha value is -1.03. The molecule has 2 heterocycles. The second kappa shape index (κ2) is 3.85. The van der Waals surface area contributed by atoms with Crippen LogP contribution in [-0.2, 0) is 4.79 Å². The van der Waals surface area contributed by atoms with Gasteiger partial charge < -0.3 is 10.6 Å². The maximum Gasteiger partial charge on any atom is 0.232 e. The normalized spacial score (nSPS) is 23.5. The summed E-state index contributed by atoms with van der Waals surface area (Å²) in [6.45, 7) is 3.95. The van der Waals surface area contributed by atoms with Crippen molar-refractivity contribution >= 4 is 5.91 Å². The fourth-order valence-electron chi connectivity index (χ4n) is 2.43. The Morgan fingerprint density at radius 2 is 2.20 bits per heavy atom. The van der Waals surface area contributed by atoms with Gasteiger partial charge in [0.25, 0.3) is 0 Å². The standard InChI is InChI=1S/C11H19N3O/c1-3-9(12)8-7-10(15)14-6-4-5-13(2)11(8)14/h9H,3-7,12H2,1-2H3. The predicted octanol–water partition coefficient (Wildman–Crippen LogP) is 0.503. The Bertz CT molecular complexity index is 311. The number of carbonyl (C=O) groups excluding carboxylic acids is 1. The first kappa shape index (κ1) is 10.5. The minimum atomic E-state index is 0.0366. The lowest BCUT2D eigenvalue weighted by molar-refractivity contribution is -0.128. The number of carbonyl (C=O) groups is 1. The van der Waals surface area contributed by atoms with E-state index in [-0.39, 0.29) is 11.9 Å². The fourth-order valence-corrected chi connectivity index (χ4v) is 2.43. The van der Waals surface area contributed by atoms with E-state index in [2.05, 4.69) is 11.8 Å². The van der Waals surface area contributed by atoms with E-state index in [0.29, 0.717) is 6.42 Å². The van der Waals surface area contributed by atoms with Crippen LogP contribution in [-0.4, -0.2) is 41.9 Å². The fraction of sp³-hybridized carbons (Fsp3) is 0.727. The van der Waals surface area contributed by atoms with Crippen molar-refractivity contribution in [1.29, 1.82) is 0 Å². The van der Waals surface area contributed by atoms with Gasteiger partial charge in [-0.15, -0.1) is 0 Å². The lowest BCUT2D eigenvalue weighted by Gasteiger charge is -2.35. The molecule has 1 saturated heterocycles. The molecule has 2 aliphatic heterocycles. The summed E-state index contributed by atoms with van der Waals surface area (Å²) in [7, 11) is 2.04. The number of hydrogen-bond acceptors (Lipinski definition) is 3. The van der Waals surface area contributed by atoms with Gasteiger partial charge in [0.15, 0.2) is 0 Å². The molecular formula is C11H19N3O. The van der Waals surface area contributed by atoms with Gasteiger partial charge >= 0.3 is 0 Å². The van der Waals surface area contributed by atoms with Crippen LogP contribution in [0, 0.1) is 0 Å². The molecule has 0 radical (unpaired) electrons. The molecule has 0 aromatic heterocycles. The van der Waals surface area contributed by atoms with Crippen LogP contribution in [0.1, 0.15) is 26.2 Å². The molecule has 2 N–H and O–H groups in total. The highest BCUT2D eigenvalue weighted by molar-refractivity contribution is 5.84. The number of nitrogens with two attached hydrogens (primary N) is 1. The Balaban J connectivity index is 2.33. The second-order valence-corrected chi connectivity index (χ2v) is 4.36. The highest BCUT2D eigenvalue weighted by Gasteiger charge is 2.36. The SMILES string of the molecule is CCC(N)C1=C2N(C)CCCN2C(=O)C1. The molecule has 0 bridgehead atoms. The van der Waals surface area contributed by atoms with E-state index in [9.17, 15) is 4.79 Å². The zero-order valence-corrected chi connectivity index (χ0v) is 9.49. The van der Waals surface area contributed by atoms with Gasteiger partial charge in [-0.1, -0.05) is 6.92 Å². The first-order valence-electron chi connectivity index (χ1n) is 5.65. The molecule has 2 aliphatic rings. The number of amides is 1. The van der Waals surface area contributed by atoms with Gasteiger partial charge in [-0.05, 0) is 18.4 Å². The lowest BCUT2D eigenvalue weighted by atomic mass is 10.0. The van der Waals surface area contributed by atoms with Crippen molar-refractivity contribution in [3.8, 4) is 0 Å². The molecule has 0 spiro atoms. The molecule has 4 nitrogen and oxygen atoms in total. The van der Waals surface area contributed by atoms with Crippen LogP contribution in [0.3, 0.4) is 0 Å². The van der Waals surface area contributed by atoms with Crippen molar-refractivity contribution in [2.45, 2.75) is 32.2 Å². The largest absolute Gasteiger partial charge is 0.361 e. The number of rotatable bonds is 2. The van der Waals surface area contributed by atoms with Crippen molar-refractivity contribution in [2.75, 3.05) is 20.1 Å². The Kier molecular flexibility index (Phi) is 2.69. The predicted molar refractivity (Wildman–Crippen MR) is 58.9 cm³/mol. The highest BCUT2D eigenvalue weighted by Crippen LogP contribution is 2.31. The summed E-state index contributed by atoms with van der Waals surface area (Å²) >= 11 is 0. The van der Waals surface area contributed by atoms with Crippen LogP contribution in [0.2, 0.25) is 0 Å². The zero-order chi connectivity index (χ0) is 11.0. The first-order chi connectivity index (χ1) is 7.15. The second-order valence-electron chi connectivity index (χ2n) is 4.36. The van der Waals surface area contributed by atoms with Crippen LogP contribution < -0.4 is 5.73 Å². The average molecular weight is 209 g/mol. The van der Waals surface area contributed by atoms with Gasteiger partial charge in [-0.2, -0.15) is 0 Å². The van der Waals surface area contributed by atoms with Gasteiger partial charge in [0, 0.05) is 26.2 Å². The molecule has 0 aliphatic carbocycles. The Morgan fingerprint density at radius 1 is 1.47 bits per heavy atom.